The van der Waals surface area contributed by atoms with Crippen molar-refractivity contribution in [1.29, 1.82) is 0 Å². The van der Waals surface area contributed by atoms with Crippen LogP contribution in [0.2, 0.25) is 0 Å². The zero-order chi connectivity index (χ0) is 17.6. The average Bonchev–Trinajstić information content (AvgIpc) is 3.21. The van der Waals surface area contributed by atoms with Crippen LogP contribution in [0, 0.1) is 5.82 Å². The van der Waals surface area contributed by atoms with E-state index in [1.165, 1.54) is 29.5 Å². The van der Waals surface area contributed by atoms with Crippen LogP contribution in [0.5, 0.6) is 0 Å². The fourth-order valence-electron chi connectivity index (χ4n) is 2.51. The second kappa shape index (κ2) is 5.99. The third-order valence-corrected chi connectivity index (χ3v) is 7.21. The van der Waals surface area contributed by atoms with Crippen LogP contribution in [-0.4, -0.2) is 13.4 Å². The Hall–Kier alpha value is -2.13. The number of nitrogens with zero attached hydrogens (tertiary/aromatic N) is 1. The lowest BCUT2D eigenvalue weighted by Gasteiger charge is -2.02. The normalized spacial score (nSPS) is 11.9. The Kier molecular flexibility index (Phi) is 3.92. The minimum absolute atomic E-state index is 0.112. The summed E-state index contributed by atoms with van der Waals surface area (Å²) in [6.07, 6.45) is 0. The van der Waals surface area contributed by atoms with Crippen molar-refractivity contribution in [2.75, 3.05) is 0 Å². The molecule has 2 heterocycles. The van der Waals surface area contributed by atoms with Crippen LogP contribution in [0.1, 0.15) is 0 Å². The number of benzene rings is 2. The molecule has 4 aromatic rings. The van der Waals surface area contributed by atoms with Crippen LogP contribution in [0.3, 0.4) is 0 Å². The van der Waals surface area contributed by atoms with E-state index in [1.54, 1.807) is 17.5 Å². The van der Waals surface area contributed by atoms with Gasteiger partial charge >= 0.3 is 0 Å². The number of thiophene rings is 1. The van der Waals surface area contributed by atoms with Crippen molar-refractivity contribution in [3.63, 3.8) is 0 Å². The predicted molar refractivity (Wildman–Crippen MR) is 99.7 cm³/mol. The van der Waals surface area contributed by atoms with Crippen LogP contribution in [-0.2, 0) is 10.0 Å². The van der Waals surface area contributed by atoms with E-state index in [1.807, 2.05) is 18.2 Å². The maximum atomic E-state index is 13.2. The van der Waals surface area contributed by atoms with E-state index < -0.39 is 10.0 Å². The average molecular weight is 390 g/mol. The minimum atomic E-state index is -3.72. The summed E-state index contributed by atoms with van der Waals surface area (Å²) in [5.74, 6) is -0.283. The largest absolute Gasteiger partial charge is 0.247 e. The van der Waals surface area contributed by atoms with Crippen LogP contribution >= 0.6 is 22.7 Å². The second-order valence-corrected chi connectivity index (χ2v) is 9.08. The summed E-state index contributed by atoms with van der Waals surface area (Å²) >= 11 is 2.54. The van der Waals surface area contributed by atoms with Gasteiger partial charge in [0.15, 0.2) is 0 Å². The first-order valence-corrected chi connectivity index (χ1v) is 10.4. The molecule has 4 nitrogen and oxygen atoms in total. The van der Waals surface area contributed by atoms with Crippen molar-refractivity contribution >= 4 is 42.9 Å². The first kappa shape index (κ1) is 16.3. The van der Waals surface area contributed by atoms with E-state index >= 15 is 0 Å². The molecule has 0 saturated carbocycles. The first-order chi connectivity index (χ1) is 11.9. The fraction of sp³-hybridized carbons (Fsp3) is 0. The molecule has 0 amide bonds. The quantitative estimate of drug-likeness (QED) is 0.561. The molecule has 0 aliphatic carbocycles. The number of nitrogens with two attached hydrogens (primary N) is 1. The van der Waals surface area contributed by atoms with Gasteiger partial charge in [0, 0.05) is 16.5 Å². The fourth-order valence-corrected chi connectivity index (χ4v) is 5.26. The lowest BCUT2D eigenvalue weighted by atomic mass is 10.1. The molecule has 0 bridgehead atoms. The Labute approximate surface area is 151 Å². The van der Waals surface area contributed by atoms with Gasteiger partial charge in [-0.15, -0.1) is 22.7 Å². The van der Waals surface area contributed by atoms with Crippen LogP contribution in [0.4, 0.5) is 4.39 Å². The van der Waals surface area contributed by atoms with Crippen molar-refractivity contribution in [1.82, 2.24) is 4.98 Å². The summed E-state index contributed by atoms with van der Waals surface area (Å²) in [6.45, 7) is 0. The van der Waals surface area contributed by atoms with Crippen molar-refractivity contribution in [2.24, 2.45) is 5.14 Å². The van der Waals surface area contributed by atoms with Gasteiger partial charge in [-0.2, -0.15) is 0 Å². The molecule has 0 saturated heterocycles. The highest BCUT2D eigenvalue weighted by Crippen LogP contribution is 2.38. The van der Waals surface area contributed by atoms with E-state index in [0.717, 1.165) is 43.3 Å². The molecule has 25 heavy (non-hydrogen) atoms. The smallest absolute Gasteiger partial charge is 0.236 e. The van der Waals surface area contributed by atoms with Gasteiger partial charge in [0.05, 0.1) is 10.2 Å². The molecule has 8 heteroatoms. The van der Waals surface area contributed by atoms with E-state index in [0.29, 0.717) is 0 Å². The molecule has 2 N–H and O–H groups in total. The highest BCUT2D eigenvalue weighted by Gasteiger charge is 2.16. The molecule has 0 aliphatic rings. The minimum Gasteiger partial charge on any atom is -0.236 e. The highest BCUT2D eigenvalue weighted by molar-refractivity contribution is 7.91. The Morgan fingerprint density at radius 2 is 1.80 bits per heavy atom. The maximum Gasteiger partial charge on any atom is 0.247 e. The Morgan fingerprint density at radius 1 is 1.04 bits per heavy atom. The number of sulfonamides is 1. The predicted octanol–water partition coefficient (Wildman–Crippen LogP) is 4.48. The number of aromatic nitrogens is 1. The number of hydrogen-bond acceptors (Lipinski definition) is 5. The van der Waals surface area contributed by atoms with Gasteiger partial charge < -0.3 is 0 Å². The van der Waals surface area contributed by atoms with Crippen molar-refractivity contribution in [2.45, 2.75) is 4.21 Å². The molecule has 4 rings (SSSR count). The number of hydrogen-bond donors (Lipinski definition) is 1. The van der Waals surface area contributed by atoms with E-state index in [9.17, 15) is 12.8 Å². The molecule has 126 valence electrons. The van der Waals surface area contributed by atoms with Crippen molar-refractivity contribution < 1.29 is 12.8 Å². The van der Waals surface area contributed by atoms with Gasteiger partial charge in [0.1, 0.15) is 15.0 Å². The summed E-state index contributed by atoms with van der Waals surface area (Å²) in [5, 5.41) is 7.62. The molecule has 0 spiro atoms. The summed E-state index contributed by atoms with van der Waals surface area (Å²) < 4.78 is 37.2. The van der Waals surface area contributed by atoms with E-state index in [2.05, 4.69) is 4.98 Å². The van der Waals surface area contributed by atoms with Gasteiger partial charge in [-0.25, -0.2) is 22.9 Å². The zero-order valence-electron chi connectivity index (χ0n) is 12.6. The van der Waals surface area contributed by atoms with E-state index in [4.69, 9.17) is 5.14 Å². The van der Waals surface area contributed by atoms with Gasteiger partial charge in [-0.1, -0.05) is 24.3 Å². The van der Waals surface area contributed by atoms with Crippen LogP contribution in [0.25, 0.3) is 31.9 Å². The number of fused-ring (bicyclic) bond motifs is 1. The standard InChI is InChI=1S/C17H11FN2O2S3/c18-12-6-4-10(5-7-12)13-2-1-3-14-16(13)24-17(20-14)11-8-15(23-9-11)25(19,21)22/h1-9H,(H2,19,21,22). The molecule has 0 aliphatic heterocycles. The monoisotopic (exact) mass is 390 g/mol. The summed E-state index contributed by atoms with van der Waals surface area (Å²) in [4.78, 5) is 4.60. The molecular weight excluding hydrogens is 379 g/mol. The van der Waals surface area contributed by atoms with E-state index in [-0.39, 0.29) is 10.0 Å². The van der Waals surface area contributed by atoms with Crippen LogP contribution in [0.15, 0.2) is 58.1 Å². The molecule has 0 radical (unpaired) electrons. The van der Waals surface area contributed by atoms with Gasteiger partial charge in [-0.3, -0.25) is 0 Å². The van der Waals surface area contributed by atoms with Gasteiger partial charge in [0.2, 0.25) is 10.0 Å². The third kappa shape index (κ3) is 3.09. The molecule has 0 fully saturated rings. The lowest BCUT2D eigenvalue weighted by Crippen LogP contribution is -2.09. The summed E-state index contributed by atoms with van der Waals surface area (Å²) in [6, 6.07) is 13.6. The number of primary sulfonamides is 1. The Bertz CT molecular complexity index is 1180. The maximum absolute atomic E-state index is 13.2. The number of rotatable bonds is 3. The first-order valence-electron chi connectivity index (χ1n) is 7.19. The summed E-state index contributed by atoms with van der Waals surface area (Å²) in [7, 11) is -3.72. The molecule has 0 atom stereocenters. The number of halogens is 1. The van der Waals surface area contributed by atoms with Crippen molar-refractivity contribution in [3.8, 4) is 21.7 Å². The second-order valence-electron chi connectivity index (χ2n) is 5.38. The Morgan fingerprint density at radius 3 is 2.48 bits per heavy atom. The van der Waals surface area contributed by atoms with Gasteiger partial charge in [0.25, 0.3) is 0 Å². The zero-order valence-corrected chi connectivity index (χ0v) is 15.1. The van der Waals surface area contributed by atoms with Crippen molar-refractivity contribution in [3.05, 3.63) is 59.7 Å². The Balaban J connectivity index is 1.85. The number of thiazole rings is 1. The lowest BCUT2D eigenvalue weighted by molar-refractivity contribution is 0.600. The summed E-state index contributed by atoms with van der Waals surface area (Å²) in [5.41, 5.74) is 3.39. The third-order valence-electron chi connectivity index (χ3n) is 3.67. The topological polar surface area (TPSA) is 73.1 Å². The van der Waals surface area contributed by atoms with Crippen LogP contribution < -0.4 is 5.14 Å². The highest BCUT2D eigenvalue weighted by atomic mass is 32.2. The SMILES string of the molecule is NS(=O)(=O)c1cc(-c2nc3cccc(-c4ccc(F)cc4)c3s2)cs1. The van der Waals surface area contributed by atoms with Gasteiger partial charge in [-0.05, 0) is 29.8 Å². The molecular formula is C17H11FN2O2S3. The molecule has 2 aromatic heterocycles. The molecule has 0 unspecified atom stereocenters. The molecule has 2 aromatic carbocycles.